The highest BCUT2D eigenvalue weighted by Crippen LogP contribution is 2.26. The molecule has 0 fully saturated rings. The molecule has 1 aromatic carbocycles. The molecule has 0 aliphatic carbocycles. The molecule has 0 saturated heterocycles. The molecule has 2 N–H and O–H groups in total. The van der Waals surface area contributed by atoms with Crippen LogP contribution in [0.4, 0.5) is 0 Å². The summed E-state index contributed by atoms with van der Waals surface area (Å²) < 4.78 is 27.8. The Labute approximate surface area is 134 Å². The van der Waals surface area contributed by atoms with Crippen LogP contribution in [0.5, 0.6) is 0 Å². The lowest BCUT2D eigenvalue weighted by Gasteiger charge is -2.15. The predicted molar refractivity (Wildman–Crippen MR) is 84.2 cm³/mol. The molecule has 0 saturated carbocycles. The van der Waals surface area contributed by atoms with Crippen LogP contribution in [0, 0.1) is 0 Å². The van der Waals surface area contributed by atoms with Gasteiger partial charge in [-0.15, -0.1) is 11.3 Å². The maximum Gasteiger partial charge on any atom is 0.345 e. The summed E-state index contributed by atoms with van der Waals surface area (Å²) in [7, 11) is -3.75. The quantitative estimate of drug-likeness (QED) is 0.821. The molecule has 0 radical (unpaired) electrons. The molecule has 0 aliphatic heterocycles. The SMILES string of the molecule is C[C@H](NS(=O)(=O)c1ccc(C(=O)O)s1)c1ccccc1Br. The number of nitrogens with one attached hydrogen (secondary N) is 1. The van der Waals surface area contributed by atoms with Gasteiger partial charge in [0, 0.05) is 10.5 Å². The lowest BCUT2D eigenvalue weighted by molar-refractivity contribution is 0.0702. The molecular weight excluding hydrogens is 378 g/mol. The Kier molecular flexibility index (Phi) is 4.82. The van der Waals surface area contributed by atoms with Gasteiger partial charge in [-0.2, -0.15) is 0 Å². The van der Waals surface area contributed by atoms with Crippen LogP contribution in [0.3, 0.4) is 0 Å². The van der Waals surface area contributed by atoms with E-state index >= 15 is 0 Å². The number of carbonyl (C=O) groups is 1. The smallest absolute Gasteiger partial charge is 0.345 e. The fourth-order valence-electron chi connectivity index (χ4n) is 1.76. The minimum Gasteiger partial charge on any atom is -0.477 e. The van der Waals surface area contributed by atoms with Crippen molar-refractivity contribution in [2.75, 3.05) is 0 Å². The first-order valence-corrected chi connectivity index (χ1v) is 9.00. The van der Waals surface area contributed by atoms with Crippen molar-refractivity contribution < 1.29 is 18.3 Å². The topological polar surface area (TPSA) is 83.5 Å². The molecule has 1 aromatic heterocycles. The van der Waals surface area contributed by atoms with E-state index in [0.717, 1.165) is 21.4 Å². The van der Waals surface area contributed by atoms with Crippen molar-refractivity contribution in [3.63, 3.8) is 0 Å². The third-order valence-electron chi connectivity index (χ3n) is 2.76. The Bertz CT molecular complexity index is 770. The van der Waals surface area contributed by atoms with Gasteiger partial charge in [-0.3, -0.25) is 0 Å². The van der Waals surface area contributed by atoms with Crippen LogP contribution in [0.25, 0.3) is 0 Å². The lowest BCUT2D eigenvalue weighted by atomic mass is 10.1. The number of hydrogen-bond acceptors (Lipinski definition) is 4. The van der Waals surface area contributed by atoms with Crippen LogP contribution < -0.4 is 4.72 Å². The number of hydrogen-bond donors (Lipinski definition) is 2. The number of benzene rings is 1. The summed E-state index contributed by atoms with van der Waals surface area (Å²) in [5.74, 6) is -1.14. The molecule has 0 aliphatic rings. The van der Waals surface area contributed by atoms with E-state index in [9.17, 15) is 13.2 Å². The fraction of sp³-hybridized carbons (Fsp3) is 0.154. The first kappa shape index (κ1) is 16.2. The van der Waals surface area contributed by atoms with E-state index in [1.165, 1.54) is 12.1 Å². The largest absolute Gasteiger partial charge is 0.477 e. The second-order valence-corrected chi connectivity index (χ2v) is 8.17. The van der Waals surface area contributed by atoms with Crippen molar-refractivity contribution in [3.8, 4) is 0 Å². The third-order valence-corrected chi connectivity index (χ3v) is 6.59. The van der Waals surface area contributed by atoms with E-state index in [0.29, 0.717) is 0 Å². The van der Waals surface area contributed by atoms with E-state index in [-0.39, 0.29) is 9.09 Å². The lowest BCUT2D eigenvalue weighted by Crippen LogP contribution is -2.26. The highest BCUT2D eigenvalue weighted by atomic mass is 79.9. The average Bonchev–Trinajstić information content (AvgIpc) is 2.89. The summed E-state index contributed by atoms with van der Waals surface area (Å²) >= 11 is 4.10. The Morgan fingerprint density at radius 3 is 2.52 bits per heavy atom. The maximum absolute atomic E-state index is 12.3. The zero-order valence-corrected chi connectivity index (χ0v) is 14.1. The van der Waals surface area contributed by atoms with Gasteiger partial charge >= 0.3 is 5.97 Å². The van der Waals surface area contributed by atoms with Gasteiger partial charge in [0.2, 0.25) is 0 Å². The summed E-state index contributed by atoms with van der Waals surface area (Å²) in [6, 6.07) is 9.43. The Hall–Kier alpha value is -1.22. The van der Waals surface area contributed by atoms with Crippen molar-refractivity contribution in [3.05, 3.63) is 51.3 Å². The number of sulfonamides is 1. The molecule has 0 unspecified atom stereocenters. The van der Waals surface area contributed by atoms with E-state index in [1.54, 1.807) is 6.92 Å². The van der Waals surface area contributed by atoms with Gasteiger partial charge in [0.05, 0.1) is 0 Å². The summed E-state index contributed by atoms with van der Waals surface area (Å²) in [6.07, 6.45) is 0. The monoisotopic (exact) mass is 389 g/mol. The minimum atomic E-state index is -3.75. The van der Waals surface area contributed by atoms with Crippen molar-refractivity contribution in [2.45, 2.75) is 17.2 Å². The van der Waals surface area contributed by atoms with E-state index in [4.69, 9.17) is 5.11 Å². The second kappa shape index (κ2) is 6.27. The van der Waals surface area contributed by atoms with Gasteiger partial charge in [0.25, 0.3) is 10.0 Å². The first-order chi connectivity index (χ1) is 9.81. The van der Waals surface area contributed by atoms with Gasteiger partial charge in [0.1, 0.15) is 9.09 Å². The predicted octanol–water partition coefficient (Wildman–Crippen LogP) is 3.25. The number of carboxylic acid groups (broad SMARTS) is 1. The Morgan fingerprint density at radius 2 is 1.95 bits per heavy atom. The number of halogens is 1. The second-order valence-electron chi connectivity index (χ2n) is 4.29. The van der Waals surface area contributed by atoms with Gasteiger partial charge in [0.15, 0.2) is 0 Å². The number of carboxylic acids is 1. The van der Waals surface area contributed by atoms with Crippen LogP contribution in [0.2, 0.25) is 0 Å². The molecule has 0 amide bonds. The van der Waals surface area contributed by atoms with Gasteiger partial charge < -0.3 is 5.11 Å². The van der Waals surface area contributed by atoms with Crippen molar-refractivity contribution in [1.29, 1.82) is 0 Å². The van der Waals surface area contributed by atoms with E-state index in [1.807, 2.05) is 24.3 Å². The van der Waals surface area contributed by atoms with Crippen molar-refractivity contribution >= 4 is 43.3 Å². The highest BCUT2D eigenvalue weighted by molar-refractivity contribution is 9.10. The zero-order valence-electron chi connectivity index (χ0n) is 10.9. The highest BCUT2D eigenvalue weighted by Gasteiger charge is 2.22. The number of rotatable bonds is 5. The molecule has 21 heavy (non-hydrogen) atoms. The van der Waals surface area contributed by atoms with Crippen molar-refractivity contribution in [1.82, 2.24) is 4.72 Å². The standard InChI is InChI=1S/C13H12BrNO4S2/c1-8(9-4-2-3-5-10(9)14)15-21(18,19)12-7-6-11(20-12)13(16)17/h2-8,15H,1H3,(H,16,17)/t8-/m0/s1. The third kappa shape index (κ3) is 3.70. The normalized spacial score (nSPS) is 13.0. The molecule has 2 aromatic rings. The molecule has 8 heteroatoms. The average molecular weight is 390 g/mol. The van der Waals surface area contributed by atoms with Crippen LogP contribution >= 0.6 is 27.3 Å². The van der Waals surface area contributed by atoms with Gasteiger partial charge in [-0.25, -0.2) is 17.9 Å². The van der Waals surface area contributed by atoms with E-state index in [2.05, 4.69) is 20.7 Å². The summed E-state index contributed by atoms with van der Waals surface area (Å²) in [6.45, 7) is 1.73. The number of aromatic carboxylic acids is 1. The van der Waals surface area contributed by atoms with Crippen LogP contribution in [-0.2, 0) is 10.0 Å². The summed E-state index contributed by atoms with van der Waals surface area (Å²) in [5.41, 5.74) is 0.802. The Morgan fingerprint density at radius 1 is 1.29 bits per heavy atom. The molecule has 1 atom stereocenters. The van der Waals surface area contributed by atoms with Crippen LogP contribution in [-0.4, -0.2) is 19.5 Å². The van der Waals surface area contributed by atoms with E-state index < -0.39 is 22.0 Å². The van der Waals surface area contributed by atoms with Crippen LogP contribution in [0.15, 0.2) is 45.1 Å². The summed E-state index contributed by atoms with van der Waals surface area (Å²) in [4.78, 5) is 10.8. The molecule has 1 heterocycles. The summed E-state index contributed by atoms with van der Waals surface area (Å²) in [5, 5.41) is 8.85. The maximum atomic E-state index is 12.3. The molecule has 0 spiro atoms. The first-order valence-electron chi connectivity index (χ1n) is 5.91. The molecule has 2 rings (SSSR count). The van der Waals surface area contributed by atoms with Crippen molar-refractivity contribution in [2.24, 2.45) is 0 Å². The molecule has 5 nitrogen and oxygen atoms in total. The minimum absolute atomic E-state index is 0.0103. The molecular formula is C13H12BrNO4S2. The van der Waals surface area contributed by atoms with Gasteiger partial charge in [-0.05, 0) is 30.7 Å². The Balaban J connectivity index is 2.24. The zero-order chi connectivity index (χ0) is 15.6. The molecule has 0 bridgehead atoms. The van der Waals surface area contributed by atoms with Crippen LogP contribution in [0.1, 0.15) is 28.2 Å². The van der Waals surface area contributed by atoms with Gasteiger partial charge in [-0.1, -0.05) is 34.1 Å². The number of thiophene rings is 1. The fourth-order valence-corrected chi connectivity index (χ4v) is 4.77. The molecule has 112 valence electrons.